The Bertz CT molecular complexity index is 1430. The van der Waals surface area contributed by atoms with Crippen molar-refractivity contribution in [3.8, 4) is 11.1 Å². The fourth-order valence-electron chi connectivity index (χ4n) is 4.37. The Labute approximate surface area is 223 Å². The molecule has 0 atom stereocenters. The lowest BCUT2D eigenvalue weighted by molar-refractivity contribution is -0.111. The van der Waals surface area contributed by atoms with Crippen LogP contribution in [0.2, 0.25) is 0 Å². The predicted octanol–water partition coefficient (Wildman–Crippen LogP) is 4.93. The number of morpholine rings is 1. The molecule has 1 aliphatic heterocycles. The number of amides is 1. The summed E-state index contributed by atoms with van der Waals surface area (Å²) in [5, 5.41) is 7.22. The second-order valence-electron chi connectivity index (χ2n) is 9.44. The SMILES string of the molecule is CN(C)CC=CC(=O)Nc1cccc(-c2cccc3cnc(Nc4ccc(N5CCOCC5)cc4)nc23)c1. The predicted molar refractivity (Wildman–Crippen MR) is 154 cm³/mol. The van der Waals surface area contributed by atoms with Crippen LogP contribution in [0.25, 0.3) is 22.0 Å². The van der Waals surface area contributed by atoms with Crippen LogP contribution in [-0.4, -0.2) is 67.7 Å². The maximum absolute atomic E-state index is 12.3. The molecule has 38 heavy (non-hydrogen) atoms. The van der Waals surface area contributed by atoms with E-state index in [1.54, 1.807) is 6.08 Å². The van der Waals surface area contributed by atoms with Crippen molar-refractivity contribution < 1.29 is 9.53 Å². The Morgan fingerprint density at radius 3 is 2.61 bits per heavy atom. The molecule has 0 radical (unpaired) electrons. The summed E-state index contributed by atoms with van der Waals surface area (Å²) in [6.45, 7) is 4.03. The Kier molecular flexibility index (Phi) is 7.92. The lowest BCUT2D eigenvalue weighted by Gasteiger charge is -2.28. The van der Waals surface area contributed by atoms with Gasteiger partial charge in [-0.05, 0) is 56.1 Å². The van der Waals surface area contributed by atoms with Crippen LogP contribution >= 0.6 is 0 Å². The fourth-order valence-corrected chi connectivity index (χ4v) is 4.37. The van der Waals surface area contributed by atoms with Gasteiger partial charge in [0.15, 0.2) is 0 Å². The third-order valence-electron chi connectivity index (χ3n) is 6.29. The van der Waals surface area contributed by atoms with Gasteiger partial charge in [0.2, 0.25) is 11.9 Å². The van der Waals surface area contributed by atoms with E-state index in [4.69, 9.17) is 9.72 Å². The second-order valence-corrected chi connectivity index (χ2v) is 9.44. The first-order valence-corrected chi connectivity index (χ1v) is 12.7. The third kappa shape index (κ3) is 6.34. The standard InChI is InChI=1S/C30H32N6O2/c1-35(2)15-5-10-28(37)32-25-8-3-6-22(20-25)27-9-4-7-23-21-31-30(34-29(23)27)33-24-11-13-26(14-12-24)36-16-18-38-19-17-36/h3-14,20-21H,15-19H2,1-2H3,(H,32,37)(H,31,33,34). The Morgan fingerprint density at radius 1 is 1.03 bits per heavy atom. The third-order valence-corrected chi connectivity index (χ3v) is 6.29. The van der Waals surface area contributed by atoms with Gasteiger partial charge in [-0.1, -0.05) is 36.4 Å². The van der Waals surface area contributed by atoms with Gasteiger partial charge < -0.3 is 25.2 Å². The summed E-state index contributed by atoms with van der Waals surface area (Å²) in [5.41, 5.74) is 5.60. The van der Waals surface area contributed by atoms with E-state index >= 15 is 0 Å². The number of hydrogen-bond donors (Lipinski definition) is 2. The highest BCUT2D eigenvalue weighted by atomic mass is 16.5. The van der Waals surface area contributed by atoms with Crippen molar-refractivity contribution in [1.29, 1.82) is 0 Å². The molecule has 1 aliphatic rings. The van der Waals surface area contributed by atoms with E-state index in [-0.39, 0.29) is 5.91 Å². The van der Waals surface area contributed by atoms with Crippen molar-refractivity contribution in [3.05, 3.63) is 85.1 Å². The summed E-state index contributed by atoms with van der Waals surface area (Å²) in [6.07, 6.45) is 5.23. The molecule has 0 aliphatic carbocycles. The van der Waals surface area contributed by atoms with Gasteiger partial charge in [-0.15, -0.1) is 0 Å². The normalized spacial score (nSPS) is 13.8. The Balaban J connectivity index is 1.35. The summed E-state index contributed by atoms with van der Waals surface area (Å²) in [6, 6.07) is 22.1. The van der Waals surface area contributed by atoms with Crippen molar-refractivity contribution in [3.63, 3.8) is 0 Å². The zero-order valence-corrected chi connectivity index (χ0v) is 21.7. The van der Waals surface area contributed by atoms with Crippen LogP contribution in [0.15, 0.2) is 85.1 Å². The number of likely N-dealkylation sites (N-methyl/N-ethyl adjacent to an activating group) is 1. The van der Waals surface area contributed by atoms with Crippen LogP contribution < -0.4 is 15.5 Å². The number of anilines is 4. The number of carbonyl (C=O) groups excluding carboxylic acids is 1. The molecular formula is C30H32N6O2. The molecule has 2 heterocycles. The summed E-state index contributed by atoms with van der Waals surface area (Å²) in [7, 11) is 3.92. The summed E-state index contributed by atoms with van der Waals surface area (Å²) in [4.78, 5) is 26.0. The van der Waals surface area contributed by atoms with E-state index in [0.717, 1.165) is 59.7 Å². The number of nitrogens with one attached hydrogen (secondary N) is 2. The molecule has 2 N–H and O–H groups in total. The molecule has 194 valence electrons. The summed E-state index contributed by atoms with van der Waals surface area (Å²) < 4.78 is 5.45. The molecule has 5 rings (SSSR count). The minimum Gasteiger partial charge on any atom is -0.378 e. The number of ether oxygens (including phenoxy) is 1. The molecule has 1 fully saturated rings. The first kappa shape index (κ1) is 25.4. The number of rotatable bonds is 8. The van der Waals surface area contributed by atoms with Crippen molar-refractivity contribution in [2.75, 3.05) is 62.5 Å². The average molecular weight is 509 g/mol. The Morgan fingerprint density at radius 2 is 1.82 bits per heavy atom. The zero-order chi connectivity index (χ0) is 26.3. The van der Waals surface area contributed by atoms with Gasteiger partial charge in [-0.25, -0.2) is 9.97 Å². The molecule has 0 spiro atoms. The Hall–Kier alpha value is -4.27. The molecular weight excluding hydrogens is 476 g/mol. The molecule has 8 nitrogen and oxygen atoms in total. The first-order valence-electron chi connectivity index (χ1n) is 12.7. The maximum Gasteiger partial charge on any atom is 0.248 e. The average Bonchev–Trinajstić information content (AvgIpc) is 2.93. The molecule has 0 unspecified atom stereocenters. The number of benzene rings is 3. The molecule has 3 aromatic carbocycles. The van der Waals surface area contributed by atoms with Gasteiger partial charge in [0, 0.05) is 59.9 Å². The number of hydrogen-bond acceptors (Lipinski definition) is 7. The number of aromatic nitrogens is 2. The number of carbonyl (C=O) groups is 1. The lowest BCUT2D eigenvalue weighted by Crippen LogP contribution is -2.36. The van der Waals surface area contributed by atoms with Crippen LogP contribution in [0.4, 0.5) is 23.0 Å². The molecule has 0 saturated carbocycles. The quantitative estimate of drug-likeness (QED) is 0.327. The second kappa shape index (κ2) is 11.9. The highest BCUT2D eigenvalue weighted by molar-refractivity contribution is 6.00. The molecule has 8 heteroatoms. The van der Waals surface area contributed by atoms with Crippen LogP contribution in [0.3, 0.4) is 0 Å². The molecule has 4 aromatic rings. The summed E-state index contributed by atoms with van der Waals surface area (Å²) >= 11 is 0. The number of fused-ring (bicyclic) bond motifs is 1. The van der Waals surface area contributed by atoms with Crippen LogP contribution in [0.1, 0.15) is 0 Å². The topological polar surface area (TPSA) is 82.6 Å². The highest BCUT2D eigenvalue weighted by Crippen LogP contribution is 2.30. The van der Waals surface area contributed by atoms with Crippen LogP contribution in [-0.2, 0) is 9.53 Å². The largest absolute Gasteiger partial charge is 0.378 e. The molecule has 0 bridgehead atoms. The minimum atomic E-state index is -0.157. The lowest BCUT2D eigenvalue weighted by atomic mass is 10.0. The number of para-hydroxylation sites is 1. The van der Waals surface area contributed by atoms with Crippen molar-refractivity contribution in [2.24, 2.45) is 0 Å². The van der Waals surface area contributed by atoms with Crippen LogP contribution in [0.5, 0.6) is 0 Å². The van der Waals surface area contributed by atoms with E-state index in [9.17, 15) is 4.79 Å². The van der Waals surface area contributed by atoms with Crippen molar-refractivity contribution >= 4 is 39.8 Å². The number of nitrogens with zero attached hydrogens (tertiary/aromatic N) is 4. The van der Waals surface area contributed by atoms with Crippen molar-refractivity contribution in [1.82, 2.24) is 14.9 Å². The van der Waals surface area contributed by atoms with Crippen LogP contribution in [0, 0.1) is 0 Å². The van der Waals surface area contributed by atoms with E-state index in [0.29, 0.717) is 12.5 Å². The zero-order valence-electron chi connectivity index (χ0n) is 21.7. The highest BCUT2D eigenvalue weighted by Gasteiger charge is 2.12. The van der Waals surface area contributed by atoms with E-state index < -0.39 is 0 Å². The summed E-state index contributed by atoms with van der Waals surface area (Å²) in [5.74, 6) is 0.370. The van der Waals surface area contributed by atoms with E-state index in [1.807, 2.05) is 85.9 Å². The van der Waals surface area contributed by atoms with Gasteiger partial charge in [-0.3, -0.25) is 4.79 Å². The van der Waals surface area contributed by atoms with Gasteiger partial charge in [0.1, 0.15) is 0 Å². The molecule has 1 amide bonds. The first-order chi connectivity index (χ1) is 18.5. The van der Waals surface area contributed by atoms with Gasteiger partial charge in [0.05, 0.1) is 18.7 Å². The van der Waals surface area contributed by atoms with Gasteiger partial charge >= 0.3 is 0 Å². The molecule has 1 saturated heterocycles. The fraction of sp³-hybridized carbons (Fsp3) is 0.233. The minimum absolute atomic E-state index is 0.157. The van der Waals surface area contributed by atoms with Gasteiger partial charge in [0.25, 0.3) is 0 Å². The monoisotopic (exact) mass is 508 g/mol. The van der Waals surface area contributed by atoms with Crippen molar-refractivity contribution in [2.45, 2.75) is 0 Å². The van der Waals surface area contributed by atoms with E-state index in [1.165, 1.54) is 5.69 Å². The maximum atomic E-state index is 12.3. The smallest absolute Gasteiger partial charge is 0.248 e. The molecule has 1 aromatic heterocycles. The van der Waals surface area contributed by atoms with Gasteiger partial charge in [-0.2, -0.15) is 0 Å². The van der Waals surface area contributed by atoms with E-state index in [2.05, 4.69) is 32.7 Å².